The lowest BCUT2D eigenvalue weighted by atomic mass is 10.1. The zero-order valence-electron chi connectivity index (χ0n) is 11.7. The van der Waals surface area contributed by atoms with Gasteiger partial charge < -0.3 is 19.6 Å². The van der Waals surface area contributed by atoms with E-state index in [2.05, 4.69) is 0 Å². The molecule has 2 N–H and O–H groups in total. The lowest BCUT2D eigenvalue weighted by molar-refractivity contribution is 0.174. The number of fused-ring (bicyclic) bond motifs is 2. The molecular weight excluding hydrogens is 284 g/mol. The summed E-state index contributed by atoms with van der Waals surface area (Å²) in [5, 5.41) is 0. The van der Waals surface area contributed by atoms with Gasteiger partial charge in [-0.2, -0.15) is 0 Å². The molecule has 112 valence electrons. The van der Waals surface area contributed by atoms with Gasteiger partial charge in [-0.25, -0.2) is 4.79 Å². The first-order valence-electron chi connectivity index (χ1n) is 6.96. The SMILES string of the molecule is NC(Cn1c(=O)oc2ccccc21)c1ccc2c(c1)OCO2. The molecule has 0 radical (unpaired) electrons. The molecule has 0 amide bonds. The van der Waals surface area contributed by atoms with Gasteiger partial charge in [-0.3, -0.25) is 4.57 Å². The van der Waals surface area contributed by atoms with Crippen molar-refractivity contribution in [3.63, 3.8) is 0 Å². The van der Waals surface area contributed by atoms with E-state index in [-0.39, 0.29) is 12.8 Å². The fourth-order valence-corrected chi connectivity index (χ4v) is 2.63. The maximum atomic E-state index is 12.0. The first-order valence-corrected chi connectivity index (χ1v) is 6.96. The molecule has 1 aliphatic heterocycles. The normalized spacial score (nSPS) is 14.4. The summed E-state index contributed by atoms with van der Waals surface area (Å²) in [4.78, 5) is 12.0. The van der Waals surface area contributed by atoms with Gasteiger partial charge in [-0.1, -0.05) is 18.2 Å². The highest BCUT2D eigenvalue weighted by Gasteiger charge is 2.18. The molecule has 2 heterocycles. The Bertz CT molecular complexity index is 897. The number of nitrogens with zero attached hydrogens (tertiary/aromatic N) is 1. The van der Waals surface area contributed by atoms with Gasteiger partial charge in [0.15, 0.2) is 17.1 Å². The van der Waals surface area contributed by atoms with Gasteiger partial charge in [-0.15, -0.1) is 0 Å². The summed E-state index contributed by atoms with van der Waals surface area (Å²) in [7, 11) is 0. The van der Waals surface area contributed by atoms with Crippen LogP contribution in [-0.2, 0) is 6.54 Å². The number of oxazole rings is 1. The van der Waals surface area contributed by atoms with E-state index in [4.69, 9.17) is 19.6 Å². The summed E-state index contributed by atoms with van der Waals surface area (Å²) in [5.41, 5.74) is 8.42. The fraction of sp³-hybridized carbons (Fsp3) is 0.188. The Kier molecular flexibility index (Phi) is 2.90. The number of hydrogen-bond acceptors (Lipinski definition) is 5. The summed E-state index contributed by atoms with van der Waals surface area (Å²) >= 11 is 0. The highest BCUT2D eigenvalue weighted by Crippen LogP contribution is 2.34. The van der Waals surface area contributed by atoms with Crippen LogP contribution in [0.4, 0.5) is 0 Å². The number of nitrogens with two attached hydrogens (primary N) is 1. The van der Waals surface area contributed by atoms with Crippen LogP contribution < -0.4 is 21.0 Å². The van der Waals surface area contributed by atoms with Crippen molar-refractivity contribution in [3.8, 4) is 11.5 Å². The molecule has 2 aromatic carbocycles. The quantitative estimate of drug-likeness (QED) is 0.800. The maximum absolute atomic E-state index is 12.0. The molecular formula is C16H14N2O4. The molecule has 6 heteroatoms. The van der Waals surface area contributed by atoms with Crippen LogP contribution in [0.1, 0.15) is 11.6 Å². The maximum Gasteiger partial charge on any atom is 0.420 e. The molecule has 0 fully saturated rings. The van der Waals surface area contributed by atoms with Gasteiger partial charge in [0.2, 0.25) is 6.79 Å². The third-order valence-electron chi connectivity index (χ3n) is 3.78. The lowest BCUT2D eigenvalue weighted by Gasteiger charge is -2.13. The zero-order valence-corrected chi connectivity index (χ0v) is 11.7. The van der Waals surface area contributed by atoms with E-state index in [0.29, 0.717) is 23.6 Å². The van der Waals surface area contributed by atoms with Crippen LogP contribution in [0.5, 0.6) is 11.5 Å². The molecule has 0 saturated heterocycles. The van der Waals surface area contributed by atoms with Crippen LogP contribution in [0.25, 0.3) is 11.1 Å². The Morgan fingerprint density at radius 2 is 1.95 bits per heavy atom. The number of para-hydroxylation sites is 2. The van der Waals surface area contributed by atoms with Crippen molar-refractivity contribution >= 4 is 11.1 Å². The number of benzene rings is 2. The molecule has 6 nitrogen and oxygen atoms in total. The third-order valence-corrected chi connectivity index (χ3v) is 3.78. The van der Waals surface area contributed by atoms with E-state index in [0.717, 1.165) is 11.1 Å². The second-order valence-electron chi connectivity index (χ2n) is 5.17. The molecule has 1 atom stereocenters. The topological polar surface area (TPSA) is 79.6 Å². The summed E-state index contributed by atoms with van der Waals surface area (Å²) in [6.07, 6.45) is 0. The second kappa shape index (κ2) is 4.92. The smallest absolute Gasteiger partial charge is 0.420 e. The zero-order chi connectivity index (χ0) is 15.1. The summed E-state index contributed by atoms with van der Waals surface area (Å²) < 4.78 is 17.4. The molecule has 0 saturated carbocycles. The Labute approximate surface area is 125 Å². The van der Waals surface area contributed by atoms with Crippen molar-refractivity contribution in [2.75, 3.05) is 6.79 Å². The van der Waals surface area contributed by atoms with Crippen LogP contribution in [-0.4, -0.2) is 11.4 Å². The lowest BCUT2D eigenvalue weighted by Crippen LogP contribution is -2.23. The minimum Gasteiger partial charge on any atom is -0.454 e. The molecule has 0 spiro atoms. The number of aromatic nitrogens is 1. The monoisotopic (exact) mass is 298 g/mol. The highest BCUT2D eigenvalue weighted by atomic mass is 16.7. The molecule has 1 aliphatic rings. The molecule has 22 heavy (non-hydrogen) atoms. The van der Waals surface area contributed by atoms with Gasteiger partial charge in [0.05, 0.1) is 5.52 Å². The van der Waals surface area contributed by atoms with Crippen molar-refractivity contribution in [2.24, 2.45) is 5.73 Å². The van der Waals surface area contributed by atoms with Crippen LogP contribution in [0.2, 0.25) is 0 Å². The van der Waals surface area contributed by atoms with E-state index in [1.807, 2.05) is 36.4 Å². The highest BCUT2D eigenvalue weighted by molar-refractivity contribution is 5.72. The number of hydrogen-bond donors (Lipinski definition) is 1. The molecule has 4 rings (SSSR count). The van der Waals surface area contributed by atoms with Crippen molar-refractivity contribution < 1.29 is 13.9 Å². The first kappa shape index (κ1) is 13.0. The number of rotatable bonds is 3. The Morgan fingerprint density at radius 3 is 2.86 bits per heavy atom. The first-order chi connectivity index (χ1) is 10.7. The molecule has 3 aromatic rings. The van der Waals surface area contributed by atoms with Gasteiger partial charge in [0.1, 0.15) is 0 Å². The van der Waals surface area contributed by atoms with Gasteiger partial charge in [0.25, 0.3) is 0 Å². The van der Waals surface area contributed by atoms with E-state index in [9.17, 15) is 4.79 Å². The predicted molar refractivity (Wildman–Crippen MR) is 80.0 cm³/mol. The van der Waals surface area contributed by atoms with Crippen molar-refractivity contribution in [1.29, 1.82) is 0 Å². The van der Waals surface area contributed by atoms with Crippen LogP contribution in [0, 0.1) is 0 Å². The van der Waals surface area contributed by atoms with Gasteiger partial charge in [-0.05, 0) is 29.8 Å². The Morgan fingerprint density at radius 1 is 1.14 bits per heavy atom. The summed E-state index contributed by atoms with van der Waals surface area (Å²) in [6, 6.07) is 12.5. The largest absolute Gasteiger partial charge is 0.454 e. The molecule has 0 aliphatic carbocycles. The predicted octanol–water partition coefficient (Wildman–Crippen LogP) is 2.02. The summed E-state index contributed by atoms with van der Waals surface area (Å²) in [5.74, 6) is 0.983. The molecule has 1 aromatic heterocycles. The average molecular weight is 298 g/mol. The third kappa shape index (κ3) is 2.05. The van der Waals surface area contributed by atoms with E-state index in [1.54, 1.807) is 10.6 Å². The van der Waals surface area contributed by atoms with Crippen LogP contribution >= 0.6 is 0 Å². The van der Waals surface area contributed by atoms with Gasteiger partial charge >= 0.3 is 5.76 Å². The van der Waals surface area contributed by atoms with Crippen molar-refractivity contribution in [1.82, 2.24) is 4.57 Å². The number of ether oxygens (including phenoxy) is 2. The van der Waals surface area contributed by atoms with E-state index < -0.39 is 5.76 Å². The minimum absolute atomic E-state index is 0.222. The van der Waals surface area contributed by atoms with Crippen LogP contribution in [0.15, 0.2) is 51.7 Å². The molecule has 0 bridgehead atoms. The van der Waals surface area contributed by atoms with Crippen LogP contribution in [0.3, 0.4) is 0 Å². The second-order valence-corrected chi connectivity index (χ2v) is 5.17. The standard InChI is InChI=1S/C16H14N2O4/c17-11(10-5-6-14-15(7-10)21-9-20-14)8-18-12-3-1-2-4-13(12)22-16(18)19/h1-7,11H,8-9,17H2. The van der Waals surface area contributed by atoms with Gasteiger partial charge in [0, 0.05) is 12.6 Å². The minimum atomic E-state index is -0.405. The Hall–Kier alpha value is -2.73. The Balaban J connectivity index is 1.67. The van der Waals surface area contributed by atoms with E-state index in [1.165, 1.54) is 0 Å². The van der Waals surface area contributed by atoms with Crippen molar-refractivity contribution in [2.45, 2.75) is 12.6 Å². The average Bonchev–Trinajstić information content (AvgIpc) is 3.11. The molecule has 1 unspecified atom stereocenters. The summed E-state index contributed by atoms with van der Waals surface area (Å²) in [6.45, 7) is 0.551. The van der Waals surface area contributed by atoms with Crippen molar-refractivity contribution in [3.05, 3.63) is 58.6 Å². The fourth-order valence-electron chi connectivity index (χ4n) is 2.63. The van der Waals surface area contributed by atoms with E-state index >= 15 is 0 Å².